The Morgan fingerprint density at radius 1 is 0.889 bits per heavy atom. The lowest BCUT2D eigenvalue weighted by Gasteiger charge is -2.35. The lowest BCUT2D eigenvalue weighted by molar-refractivity contribution is 0.0925. The van der Waals surface area contributed by atoms with Crippen molar-refractivity contribution in [1.82, 2.24) is 4.90 Å². The van der Waals surface area contributed by atoms with Crippen LogP contribution in [0, 0.1) is 0 Å². The molecule has 0 bridgehead atoms. The molecule has 0 amide bonds. The lowest BCUT2D eigenvalue weighted by Crippen LogP contribution is -2.43. The van der Waals surface area contributed by atoms with E-state index in [4.69, 9.17) is 14.2 Å². The van der Waals surface area contributed by atoms with Gasteiger partial charge in [0.15, 0.2) is 11.5 Å². The number of hydrogen-bond donors (Lipinski definition) is 0. The molecule has 1 aliphatic heterocycles. The first-order valence-electron chi connectivity index (χ1n) is 10.1. The third kappa shape index (κ3) is 6.17. The average molecular weight is 370 g/mol. The predicted octanol–water partition coefficient (Wildman–Crippen LogP) is 4.79. The van der Waals surface area contributed by atoms with Crippen molar-refractivity contribution in [2.45, 2.75) is 38.6 Å². The molecule has 2 aromatic carbocycles. The number of nitrogens with zero attached hydrogens (tertiary/aromatic N) is 1. The number of piperidine rings is 1. The standard InChI is InChI=1S/C23H31NO3/c1-2-25-22-14-6-7-15-23(22)27-19-20-11-8-9-16-24(20)17-10-18-26-21-12-4-3-5-13-21/h3-7,12-15,20H,2,8-11,16-19H2,1H3. The molecule has 1 aliphatic rings. The van der Waals surface area contributed by atoms with Crippen LogP contribution < -0.4 is 14.2 Å². The molecule has 1 heterocycles. The fraction of sp³-hybridized carbons (Fsp3) is 0.478. The molecule has 3 rings (SSSR count). The Morgan fingerprint density at radius 2 is 1.63 bits per heavy atom. The minimum Gasteiger partial charge on any atom is -0.494 e. The van der Waals surface area contributed by atoms with Crippen LogP contribution in [0.1, 0.15) is 32.6 Å². The van der Waals surface area contributed by atoms with Crippen molar-refractivity contribution >= 4 is 0 Å². The predicted molar refractivity (Wildman–Crippen MR) is 109 cm³/mol. The minimum absolute atomic E-state index is 0.463. The number of benzene rings is 2. The second-order valence-corrected chi connectivity index (χ2v) is 6.89. The van der Waals surface area contributed by atoms with E-state index in [0.29, 0.717) is 19.3 Å². The minimum atomic E-state index is 0.463. The Balaban J connectivity index is 1.45. The summed E-state index contributed by atoms with van der Waals surface area (Å²) in [6.07, 6.45) is 4.76. The van der Waals surface area contributed by atoms with E-state index in [2.05, 4.69) is 4.90 Å². The molecule has 0 aromatic heterocycles. The number of likely N-dealkylation sites (tertiary alicyclic amines) is 1. The van der Waals surface area contributed by atoms with Gasteiger partial charge in [-0.3, -0.25) is 4.90 Å². The maximum atomic E-state index is 6.14. The van der Waals surface area contributed by atoms with Gasteiger partial charge >= 0.3 is 0 Å². The van der Waals surface area contributed by atoms with Gasteiger partial charge in [0.05, 0.1) is 13.2 Å². The summed E-state index contributed by atoms with van der Waals surface area (Å²) in [6, 6.07) is 18.4. The van der Waals surface area contributed by atoms with Crippen LogP contribution in [0.2, 0.25) is 0 Å². The fourth-order valence-electron chi connectivity index (χ4n) is 3.55. The van der Waals surface area contributed by atoms with Crippen molar-refractivity contribution in [2.75, 3.05) is 32.9 Å². The highest BCUT2D eigenvalue weighted by molar-refractivity contribution is 5.39. The maximum Gasteiger partial charge on any atom is 0.161 e. The van der Waals surface area contributed by atoms with Crippen molar-refractivity contribution in [2.24, 2.45) is 0 Å². The topological polar surface area (TPSA) is 30.9 Å². The van der Waals surface area contributed by atoms with Crippen LogP contribution in [0.15, 0.2) is 54.6 Å². The van der Waals surface area contributed by atoms with Crippen LogP contribution in [0.3, 0.4) is 0 Å². The molecule has 4 nitrogen and oxygen atoms in total. The van der Waals surface area contributed by atoms with Gasteiger partial charge in [-0.1, -0.05) is 36.8 Å². The average Bonchev–Trinajstić information content (AvgIpc) is 2.72. The zero-order valence-corrected chi connectivity index (χ0v) is 16.3. The van der Waals surface area contributed by atoms with Crippen molar-refractivity contribution in [3.63, 3.8) is 0 Å². The Labute approximate surface area is 163 Å². The second-order valence-electron chi connectivity index (χ2n) is 6.89. The summed E-state index contributed by atoms with van der Waals surface area (Å²) >= 11 is 0. The summed E-state index contributed by atoms with van der Waals surface area (Å²) in [7, 11) is 0. The van der Waals surface area contributed by atoms with Crippen LogP contribution in [0.25, 0.3) is 0 Å². The molecule has 0 spiro atoms. The van der Waals surface area contributed by atoms with Gasteiger partial charge in [0.1, 0.15) is 12.4 Å². The van der Waals surface area contributed by atoms with Gasteiger partial charge in [-0.05, 0) is 57.0 Å². The molecular formula is C23H31NO3. The maximum absolute atomic E-state index is 6.14. The Hall–Kier alpha value is -2.20. The van der Waals surface area contributed by atoms with Gasteiger partial charge in [0, 0.05) is 12.6 Å². The monoisotopic (exact) mass is 369 g/mol. The third-order valence-electron chi connectivity index (χ3n) is 4.93. The molecule has 0 saturated carbocycles. The molecule has 1 saturated heterocycles. The summed E-state index contributed by atoms with van der Waals surface area (Å²) in [6.45, 7) is 6.31. The van der Waals surface area contributed by atoms with Crippen molar-refractivity contribution in [3.05, 3.63) is 54.6 Å². The van der Waals surface area contributed by atoms with Crippen LogP contribution in [-0.2, 0) is 0 Å². The molecule has 146 valence electrons. The summed E-state index contributed by atoms with van der Waals surface area (Å²) < 4.78 is 17.6. The van der Waals surface area contributed by atoms with E-state index in [1.54, 1.807) is 0 Å². The highest BCUT2D eigenvalue weighted by atomic mass is 16.5. The molecule has 1 fully saturated rings. The number of ether oxygens (including phenoxy) is 3. The fourth-order valence-corrected chi connectivity index (χ4v) is 3.55. The second kappa shape index (κ2) is 10.8. The molecular weight excluding hydrogens is 338 g/mol. The van der Waals surface area contributed by atoms with Crippen molar-refractivity contribution in [1.29, 1.82) is 0 Å². The first-order valence-corrected chi connectivity index (χ1v) is 10.1. The van der Waals surface area contributed by atoms with Crippen LogP contribution in [0.5, 0.6) is 17.2 Å². The van der Waals surface area contributed by atoms with E-state index in [9.17, 15) is 0 Å². The smallest absolute Gasteiger partial charge is 0.161 e. The van der Waals surface area contributed by atoms with E-state index in [0.717, 1.165) is 43.4 Å². The highest BCUT2D eigenvalue weighted by Gasteiger charge is 2.23. The summed E-state index contributed by atoms with van der Waals surface area (Å²) in [4.78, 5) is 2.56. The molecule has 0 aliphatic carbocycles. The van der Waals surface area contributed by atoms with Gasteiger partial charge < -0.3 is 14.2 Å². The van der Waals surface area contributed by atoms with E-state index in [-0.39, 0.29) is 0 Å². The Bertz CT molecular complexity index is 662. The summed E-state index contributed by atoms with van der Waals surface area (Å²) in [5, 5.41) is 0. The van der Waals surface area contributed by atoms with Crippen molar-refractivity contribution in [3.8, 4) is 17.2 Å². The molecule has 2 aromatic rings. The zero-order chi connectivity index (χ0) is 18.7. The summed E-state index contributed by atoms with van der Waals surface area (Å²) in [5.41, 5.74) is 0. The molecule has 0 radical (unpaired) electrons. The van der Waals surface area contributed by atoms with E-state index < -0.39 is 0 Å². The quantitative estimate of drug-likeness (QED) is 0.564. The van der Waals surface area contributed by atoms with Gasteiger partial charge in [-0.25, -0.2) is 0 Å². The van der Waals surface area contributed by atoms with Crippen LogP contribution in [0.4, 0.5) is 0 Å². The van der Waals surface area contributed by atoms with E-state index in [1.165, 1.54) is 19.3 Å². The van der Waals surface area contributed by atoms with Gasteiger partial charge in [0.25, 0.3) is 0 Å². The number of rotatable bonds is 10. The molecule has 0 N–H and O–H groups in total. The Kier molecular flexibility index (Phi) is 7.84. The van der Waals surface area contributed by atoms with Crippen molar-refractivity contribution < 1.29 is 14.2 Å². The molecule has 4 heteroatoms. The third-order valence-corrected chi connectivity index (χ3v) is 4.93. The SMILES string of the molecule is CCOc1ccccc1OCC1CCCCN1CCCOc1ccccc1. The Morgan fingerprint density at radius 3 is 2.41 bits per heavy atom. The first kappa shape index (κ1) is 19.6. The van der Waals surface area contributed by atoms with Crippen LogP contribution >= 0.6 is 0 Å². The van der Waals surface area contributed by atoms with Gasteiger partial charge in [-0.2, -0.15) is 0 Å². The van der Waals surface area contributed by atoms with E-state index >= 15 is 0 Å². The van der Waals surface area contributed by atoms with Gasteiger partial charge in [-0.15, -0.1) is 0 Å². The number of hydrogen-bond acceptors (Lipinski definition) is 4. The van der Waals surface area contributed by atoms with Gasteiger partial charge in [0.2, 0.25) is 0 Å². The molecule has 27 heavy (non-hydrogen) atoms. The summed E-state index contributed by atoms with van der Waals surface area (Å²) in [5.74, 6) is 2.62. The number of para-hydroxylation sites is 3. The molecule has 1 atom stereocenters. The first-order chi connectivity index (χ1) is 13.4. The van der Waals surface area contributed by atoms with E-state index in [1.807, 2.05) is 61.5 Å². The highest BCUT2D eigenvalue weighted by Crippen LogP contribution is 2.27. The lowest BCUT2D eigenvalue weighted by atomic mass is 10.0. The zero-order valence-electron chi connectivity index (χ0n) is 16.3. The van der Waals surface area contributed by atoms with Crippen LogP contribution in [-0.4, -0.2) is 43.9 Å². The largest absolute Gasteiger partial charge is 0.494 e. The molecule has 1 unspecified atom stereocenters. The normalized spacial score (nSPS) is 17.4.